The van der Waals surface area contributed by atoms with E-state index in [0.29, 0.717) is 16.8 Å². The third kappa shape index (κ3) is 4.98. The quantitative estimate of drug-likeness (QED) is 0.862. The van der Waals surface area contributed by atoms with Gasteiger partial charge in [0.2, 0.25) is 0 Å². The number of nitrogens with zero attached hydrogens (tertiary/aromatic N) is 3. The first-order valence-electron chi connectivity index (χ1n) is 6.53. The normalized spacial score (nSPS) is 14.2. The smallest absolute Gasteiger partial charge is 0.138 e. The molecule has 0 fully saturated rings. The molecule has 104 valence electrons. The van der Waals surface area contributed by atoms with Crippen molar-refractivity contribution in [2.24, 2.45) is 0 Å². The molecule has 1 N–H and O–H groups in total. The summed E-state index contributed by atoms with van der Waals surface area (Å²) in [6.07, 6.45) is 2.58. The minimum absolute atomic E-state index is 0.306. The maximum absolute atomic E-state index is 4.37. The highest BCUT2D eigenvalue weighted by atomic mass is 32.2. The molecule has 0 aliphatic carbocycles. The average Bonchev–Trinajstić information content (AvgIpc) is 2.70. The Morgan fingerprint density at radius 1 is 1.39 bits per heavy atom. The Kier molecular flexibility index (Phi) is 5.66. The minimum Gasteiger partial charge on any atom is -0.316 e. The van der Waals surface area contributed by atoms with Crippen molar-refractivity contribution in [2.75, 3.05) is 12.8 Å². The monoisotopic (exact) mass is 270 g/mol. The van der Waals surface area contributed by atoms with Crippen LogP contribution in [0.4, 0.5) is 0 Å². The zero-order chi connectivity index (χ0) is 13.8. The Labute approximate surface area is 115 Å². The van der Waals surface area contributed by atoms with Crippen molar-refractivity contribution in [3.8, 4) is 0 Å². The number of nitrogens with one attached hydrogen (secondary N) is 1. The fourth-order valence-corrected chi connectivity index (χ4v) is 2.65. The van der Waals surface area contributed by atoms with Gasteiger partial charge in [0.15, 0.2) is 0 Å². The second kappa shape index (κ2) is 6.57. The zero-order valence-corrected chi connectivity index (χ0v) is 13.2. The Morgan fingerprint density at radius 3 is 2.56 bits per heavy atom. The topological polar surface area (TPSA) is 42.7 Å². The van der Waals surface area contributed by atoms with Crippen molar-refractivity contribution < 1.29 is 0 Å². The van der Waals surface area contributed by atoms with E-state index in [1.54, 1.807) is 6.33 Å². The number of hydrogen-bond donors (Lipinski definition) is 1. The highest BCUT2D eigenvalue weighted by molar-refractivity contribution is 8.00. The molecule has 5 heteroatoms. The van der Waals surface area contributed by atoms with Crippen LogP contribution in [0.2, 0.25) is 0 Å². The molecule has 0 saturated carbocycles. The van der Waals surface area contributed by atoms with Crippen LogP contribution in [0.3, 0.4) is 0 Å². The van der Waals surface area contributed by atoms with Crippen molar-refractivity contribution in [2.45, 2.75) is 57.9 Å². The summed E-state index contributed by atoms with van der Waals surface area (Å²) in [5, 5.41) is 7.66. The Bertz CT molecular complexity index is 354. The fraction of sp³-hybridized carbons (Fsp3) is 0.846. The Morgan fingerprint density at radius 2 is 2.06 bits per heavy atom. The fourth-order valence-electron chi connectivity index (χ4n) is 1.67. The van der Waals surface area contributed by atoms with Crippen LogP contribution >= 0.6 is 11.8 Å². The molecule has 0 amide bonds. The lowest BCUT2D eigenvalue weighted by Gasteiger charge is -2.23. The molecule has 4 nitrogen and oxygen atoms in total. The molecule has 1 rings (SSSR count). The van der Waals surface area contributed by atoms with Gasteiger partial charge >= 0.3 is 0 Å². The molecule has 0 radical (unpaired) electrons. The van der Waals surface area contributed by atoms with Crippen molar-refractivity contribution in [1.29, 1.82) is 0 Å². The van der Waals surface area contributed by atoms with E-state index < -0.39 is 0 Å². The highest BCUT2D eigenvalue weighted by Gasteiger charge is 2.17. The molecule has 1 heterocycles. The lowest BCUT2D eigenvalue weighted by atomic mass is 10.2. The summed E-state index contributed by atoms with van der Waals surface area (Å²) < 4.78 is 2.31. The number of thioether (sulfide) groups is 1. The summed E-state index contributed by atoms with van der Waals surface area (Å²) >= 11 is 1.98. The van der Waals surface area contributed by atoms with E-state index in [4.69, 9.17) is 0 Å². The van der Waals surface area contributed by atoms with Gasteiger partial charge in [-0.1, -0.05) is 20.8 Å². The molecule has 1 atom stereocenters. The van der Waals surface area contributed by atoms with Crippen LogP contribution < -0.4 is 5.32 Å². The van der Waals surface area contributed by atoms with Crippen molar-refractivity contribution in [3.63, 3.8) is 0 Å². The van der Waals surface area contributed by atoms with Crippen LogP contribution in [0.25, 0.3) is 0 Å². The van der Waals surface area contributed by atoms with Gasteiger partial charge in [-0.3, -0.25) is 0 Å². The van der Waals surface area contributed by atoms with Gasteiger partial charge in [-0.2, -0.15) is 16.9 Å². The van der Waals surface area contributed by atoms with E-state index in [2.05, 4.69) is 50.0 Å². The molecule has 1 unspecified atom stereocenters. The predicted molar refractivity (Wildman–Crippen MR) is 79.2 cm³/mol. The Balaban J connectivity index is 2.60. The largest absolute Gasteiger partial charge is 0.316 e. The van der Waals surface area contributed by atoms with E-state index in [1.165, 1.54) is 0 Å². The van der Waals surface area contributed by atoms with E-state index in [-0.39, 0.29) is 0 Å². The third-order valence-electron chi connectivity index (χ3n) is 2.69. The summed E-state index contributed by atoms with van der Waals surface area (Å²) in [5.41, 5.74) is 0. The molecule has 0 aliphatic heterocycles. The number of aromatic nitrogens is 3. The van der Waals surface area contributed by atoms with Crippen LogP contribution in [-0.4, -0.2) is 38.4 Å². The van der Waals surface area contributed by atoms with Crippen LogP contribution in [-0.2, 0) is 6.42 Å². The van der Waals surface area contributed by atoms with Crippen LogP contribution in [0.1, 0.15) is 46.5 Å². The third-order valence-corrected chi connectivity index (χ3v) is 4.13. The molecule has 1 aromatic rings. The van der Waals surface area contributed by atoms with E-state index >= 15 is 0 Å². The molecule has 0 spiro atoms. The predicted octanol–water partition coefficient (Wildman–Crippen LogP) is 2.52. The van der Waals surface area contributed by atoms with Gasteiger partial charge < -0.3 is 5.32 Å². The second-order valence-electron chi connectivity index (χ2n) is 5.83. The van der Waals surface area contributed by atoms with Gasteiger partial charge in [0, 0.05) is 29.0 Å². The first-order chi connectivity index (χ1) is 8.33. The summed E-state index contributed by atoms with van der Waals surface area (Å²) in [6.45, 7) is 11.0. The maximum atomic E-state index is 4.37. The van der Waals surface area contributed by atoms with Crippen LogP contribution in [0.15, 0.2) is 6.33 Å². The van der Waals surface area contributed by atoms with E-state index in [1.807, 2.05) is 23.5 Å². The summed E-state index contributed by atoms with van der Waals surface area (Å²) in [4.78, 5) is 4.37. The summed E-state index contributed by atoms with van der Waals surface area (Å²) in [6, 6.07) is 0.811. The average molecular weight is 270 g/mol. The van der Waals surface area contributed by atoms with Crippen LogP contribution in [0, 0.1) is 0 Å². The van der Waals surface area contributed by atoms with Gasteiger partial charge in [-0.05, 0) is 20.9 Å². The number of likely N-dealkylation sites (N-methyl/N-ethyl adjacent to an activating group) is 1. The molecule has 0 saturated heterocycles. The van der Waals surface area contributed by atoms with Gasteiger partial charge in [-0.25, -0.2) is 9.67 Å². The lowest BCUT2D eigenvalue weighted by Crippen LogP contribution is -2.33. The molecule has 0 aliphatic rings. The first-order valence-corrected chi connectivity index (χ1v) is 7.51. The zero-order valence-electron chi connectivity index (χ0n) is 12.4. The molecular formula is C13H26N4S. The van der Waals surface area contributed by atoms with E-state index in [0.717, 1.165) is 18.0 Å². The van der Waals surface area contributed by atoms with Crippen molar-refractivity contribution in [3.05, 3.63) is 12.2 Å². The molecule has 18 heavy (non-hydrogen) atoms. The van der Waals surface area contributed by atoms with Gasteiger partial charge in [-0.15, -0.1) is 0 Å². The van der Waals surface area contributed by atoms with Gasteiger partial charge in [0.1, 0.15) is 12.2 Å². The molecular weight excluding hydrogens is 244 g/mol. The highest BCUT2D eigenvalue weighted by Crippen LogP contribution is 2.24. The summed E-state index contributed by atoms with van der Waals surface area (Å²) in [5.74, 6) is 2.16. The number of rotatable bonds is 6. The maximum Gasteiger partial charge on any atom is 0.138 e. The van der Waals surface area contributed by atoms with Crippen molar-refractivity contribution in [1.82, 2.24) is 20.1 Å². The van der Waals surface area contributed by atoms with Gasteiger partial charge in [0.05, 0.1) is 0 Å². The standard InChI is InChI=1S/C13H26N4S/c1-10(2)17-12(15-9-16-17)7-11(14-6)8-18-13(3,4)5/h9-11,14H,7-8H2,1-6H3. The Hall–Kier alpha value is -0.550. The van der Waals surface area contributed by atoms with Crippen LogP contribution in [0.5, 0.6) is 0 Å². The lowest BCUT2D eigenvalue weighted by molar-refractivity contribution is 0.484. The molecule has 1 aromatic heterocycles. The first kappa shape index (κ1) is 15.5. The van der Waals surface area contributed by atoms with Gasteiger partial charge in [0.25, 0.3) is 0 Å². The number of hydrogen-bond acceptors (Lipinski definition) is 4. The minimum atomic E-state index is 0.306. The molecule has 0 aromatic carbocycles. The second-order valence-corrected chi connectivity index (χ2v) is 7.67. The van der Waals surface area contributed by atoms with Crippen molar-refractivity contribution >= 4 is 11.8 Å². The SMILES string of the molecule is CNC(CSC(C)(C)C)Cc1ncnn1C(C)C. The summed E-state index contributed by atoms with van der Waals surface area (Å²) in [7, 11) is 2.02. The van der Waals surface area contributed by atoms with E-state index in [9.17, 15) is 0 Å². The molecule has 0 bridgehead atoms.